The van der Waals surface area contributed by atoms with Gasteiger partial charge in [0.1, 0.15) is 5.56 Å². The summed E-state index contributed by atoms with van der Waals surface area (Å²) < 4.78 is 11.5. The van der Waals surface area contributed by atoms with E-state index in [1.807, 2.05) is 6.08 Å². The maximum absolute atomic E-state index is 11.9. The average molecular weight is 363 g/mol. The van der Waals surface area contributed by atoms with E-state index in [1.54, 1.807) is 18.2 Å². The summed E-state index contributed by atoms with van der Waals surface area (Å²) in [6.45, 7) is 7.04. The predicted octanol–water partition coefficient (Wildman–Crippen LogP) is 3.26. The summed E-state index contributed by atoms with van der Waals surface area (Å²) in [7, 11) is 0. The molecule has 0 saturated carbocycles. The summed E-state index contributed by atoms with van der Waals surface area (Å²) in [5.41, 5.74) is -0.298. The zero-order valence-corrected chi connectivity index (χ0v) is 15.0. The molecule has 0 aromatic rings. The van der Waals surface area contributed by atoms with Crippen molar-refractivity contribution in [2.45, 2.75) is 33.3 Å². The van der Waals surface area contributed by atoms with Crippen LogP contribution in [0.1, 0.15) is 38.5 Å². The molecule has 132 valence electrons. The molecule has 1 unspecified atom stereocenters. The molecule has 1 atom stereocenters. The average Bonchev–Trinajstić information content (AvgIpc) is 2.64. The molecule has 1 aliphatic carbocycles. The molecule has 0 aromatic carbocycles. The van der Waals surface area contributed by atoms with Gasteiger partial charge in [0.25, 0.3) is 5.56 Å². The number of aromatic amines is 1. The van der Waals surface area contributed by atoms with Gasteiger partial charge in [0.05, 0.1) is 11.1 Å². The normalized spacial score (nSPS) is 17.3. The van der Waals surface area contributed by atoms with E-state index < -0.39 is 11.2 Å². The number of halogens is 1. The Kier molecular flexibility index (Phi) is 4.67. The minimum absolute atomic E-state index is 0.0421. The van der Waals surface area contributed by atoms with E-state index in [0.717, 1.165) is 6.42 Å². The Balaban J connectivity index is 1.94. The monoisotopic (exact) mass is 362 g/mol. The van der Waals surface area contributed by atoms with Crippen molar-refractivity contribution in [3.63, 3.8) is 0 Å². The summed E-state index contributed by atoms with van der Waals surface area (Å²) in [6.07, 6.45) is 5.97. The Labute approximate surface area is 149 Å². The van der Waals surface area contributed by atoms with E-state index in [-0.39, 0.29) is 23.0 Å². The summed E-state index contributed by atoms with van der Waals surface area (Å²) in [6, 6.07) is 1.60. The van der Waals surface area contributed by atoms with Gasteiger partial charge >= 0.3 is 5.69 Å². The Morgan fingerprint density at radius 2 is 2.12 bits per heavy atom. The lowest BCUT2D eigenvalue weighted by Gasteiger charge is -2.19. The fraction of sp³-hybridized carbons (Fsp3) is 0.389. The Morgan fingerprint density at radius 3 is 2.84 bits per heavy atom. The maximum Gasteiger partial charge on any atom is 0.351 e. The van der Waals surface area contributed by atoms with Crippen molar-refractivity contribution in [2.24, 2.45) is 5.41 Å². The molecule has 0 spiro atoms. The van der Waals surface area contributed by atoms with Crippen LogP contribution in [0.5, 0.6) is 0 Å². The number of hydrogen-bond donors (Lipinski definition) is 1. The van der Waals surface area contributed by atoms with Crippen molar-refractivity contribution in [2.75, 3.05) is 6.61 Å². The Bertz CT molecular complexity index is 933. The number of ether oxygens (including phenoxy) is 1. The first kappa shape index (κ1) is 17.6. The van der Waals surface area contributed by atoms with Crippen LogP contribution in [-0.4, -0.2) is 22.7 Å². The summed E-state index contributed by atoms with van der Waals surface area (Å²) >= 11 is 6.35. The molecule has 0 bridgehead atoms. The lowest BCUT2D eigenvalue weighted by atomic mass is 9.93. The number of nitrogens with one attached hydrogen (secondary N) is 1. The first-order valence-corrected chi connectivity index (χ1v) is 8.36. The molecule has 3 aliphatic rings. The van der Waals surface area contributed by atoms with Crippen molar-refractivity contribution < 1.29 is 9.15 Å². The number of nitrogens with zero attached hydrogens (tertiary/aromatic N) is 1. The number of rotatable bonds is 3. The molecule has 0 fully saturated rings. The highest BCUT2D eigenvalue weighted by atomic mass is 35.5. The van der Waals surface area contributed by atoms with Gasteiger partial charge in [0.15, 0.2) is 5.76 Å². The first-order valence-electron chi connectivity index (χ1n) is 7.99. The Morgan fingerprint density at radius 1 is 1.36 bits per heavy atom. The number of hydrogen-bond acceptors (Lipinski definition) is 5. The fourth-order valence-electron chi connectivity index (χ4n) is 2.41. The molecule has 2 heterocycles. The third-order valence-corrected chi connectivity index (χ3v) is 4.11. The molecule has 0 amide bonds. The third-order valence-electron chi connectivity index (χ3n) is 3.81. The maximum atomic E-state index is 11.9. The largest absolute Gasteiger partial charge is 0.436 e. The quantitative estimate of drug-likeness (QED) is 0.905. The van der Waals surface area contributed by atoms with Crippen LogP contribution < -0.4 is 11.2 Å². The minimum Gasteiger partial charge on any atom is -0.436 e. The number of aromatic nitrogens is 2. The van der Waals surface area contributed by atoms with Gasteiger partial charge in [-0.15, -0.1) is 0 Å². The number of H-pyrrole nitrogens is 1. The molecule has 0 saturated heterocycles. The molecule has 6 nitrogen and oxygen atoms in total. The predicted molar refractivity (Wildman–Crippen MR) is 96.7 cm³/mol. The van der Waals surface area contributed by atoms with Crippen molar-refractivity contribution in [3.8, 4) is 11.5 Å². The highest BCUT2D eigenvalue weighted by Crippen LogP contribution is 2.32. The van der Waals surface area contributed by atoms with Crippen LogP contribution in [0.4, 0.5) is 0 Å². The molecule has 25 heavy (non-hydrogen) atoms. The van der Waals surface area contributed by atoms with Gasteiger partial charge in [-0.25, -0.2) is 4.79 Å². The van der Waals surface area contributed by atoms with E-state index in [9.17, 15) is 9.59 Å². The lowest BCUT2D eigenvalue weighted by molar-refractivity contribution is 0.0925. The van der Waals surface area contributed by atoms with Gasteiger partial charge in [-0.3, -0.25) is 9.78 Å². The molecule has 2 aliphatic heterocycles. The van der Waals surface area contributed by atoms with E-state index in [0.29, 0.717) is 23.0 Å². The van der Waals surface area contributed by atoms with Crippen molar-refractivity contribution in [1.82, 2.24) is 9.97 Å². The molecule has 1 N–H and O–H groups in total. The van der Waals surface area contributed by atoms with E-state index >= 15 is 0 Å². The van der Waals surface area contributed by atoms with Crippen LogP contribution in [0.25, 0.3) is 22.6 Å². The van der Waals surface area contributed by atoms with Crippen LogP contribution in [0.2, 0.25) is 0 Å². The van der Waals surface area contributed by atoms with Crippen LogP contribution in [0.3, 0.4) is 0 Å². The molecule has 0 radical (unpaired) electrons. The van der Waals surface area contributed by atoms with E-state index in [4.69, 9.17) is 20.8 Å². The van der Waals surface area contributed by atoms with Gasteiger partial charge < -0.3 is 9.15 Å². The van der Waals surface area contributed by atoms with Crippen molar-refractivity contribution >= 4 is 22.7 Å². The molecular formula is C18H19ClN2O4. The van der Waals surface area contributed by atoms with Gasteiger partial charge in [-0.05, 0) is 24.0 Å². The standard InChI is InChI=1S/C18H19ClN2O4/c1-18(2,3)6-7-24-11-5-4-10-8-12-15(22)20-17(23)21-16(12)25-14(10)13(19)9-11/h4-5,8-9,11H,6-7H2,1-3H3,(H,20,22,23). The molecule has 3 rings (SSSR count). The second-order valence-electron chi connectivity index (χ2n) is 7.14. The van der Waals surface area contributed by atoms with Crippen LogP contribution in [0.15, 0.2) is 32.2 Å². The molecule has 0 aromatic heterocycles. The highest BCUT2D eigenvalue weighted by molar-refractivity contribution is 6.48. The van der Waals surface area contributed by atoms with Crippen molar-refractivity contribution in [1.29, 1.82) is 0 Å². The summed E-state index contributed by atoms with van der Waals surface area (Å²) in [5.74, 6) is 0.310. The third kappa shape index (κ3) is 4.08. The second-order valence-corrected chi connectivity index (χ2v) is 7.55. The SMILES string of the molecule is CC(C)(C)CCOC1C=Cc2cc3c(=O)[nH]c(=O)nc-3oc2C(Cl)=C1. The van der Waals surface area contributed by atoms with Gasteiger partial charge in [0.2, 0.25) is 5.89 Å². The van der Waals surface area contributed by atoms with Gasteiger partial charge in [-0.2, -0.15) is 4.98 Å². The van der Waals surface area contributed by atoms with Gasteiger partial charge in [0, 0.05) is 12.2 Å². The van der Waals surface area contributed by atoms with Crippen LogP contribution in [0, 0.1) is 5.41 Å². The molecular weight excluding hydrogens is 344 g/mol. The summed E-state index contributed by atoms with van der Waals surface area (Å²) in [5, 5.41) is 0.345. The van der Waals surface area contributed by atoms with E-state index in [2.05, 4.69) is 30.7 Å². The minimum atomic E-state index is -0.756. The second kappa shape index (κ2) is 6.61. The van der Waals surface area contributed by atoms with E-state index in [1.165, 1.54) is 0 Å². The highest BCUT2D eigenvalue weighted by Gasteiger charge is 2.21. The topological polar surface area (TPSA) is 85.2 Å². The van der Waals surface area contributed by atoms with Crippen LogP contribution in [-0.2, 0) is 4.74 Å². The first-order chi connectivity index (χ1) is 11.7. The molecule has 7 heteroatoms. The zero-order valence-electron chi connectivity index (χ0n) is 14.3. The Hall–Kier alpha value is -2.18. The van der Waals surface area contributed by atoms with Crippen molar-refractivity contribution in [3.05, 3.63) is 50.4 Å². The van der Waals surface area contributed by atoms with Gasteiger partial charge in [-0.1, -0.05) is 44.5 Å². The number of fused-ring (bicyclic) bond motifs is 2. The van der Waals surface area contributed by atoms with Crippen LogP contribution >= 0.6 is 11.6 Å². The lowest BCUT2D eigenvalue weighted by Crippen LogP contribution is -2.24. The fourth-order valence-corrected chi connectivity index (χ4v) is 2.68. The smallest absolute Gasteiger partial charge is 0.351 e. The zero-order chi connectivity index (χ0) is 18.2. The summed E-state index contributed by atoms with van der Waals surface area (Å²) in [4.78, 5) is 29.1.